The lowest BCUT2D eigenvalue weighted by molar-refractivity contribution is 0.0394. The molecule has 1 aromatic rings. The van der Waals surface area contributed by atoms with Gasteiger partial charge in [-0.25, -0.2) is 4.79 Å². The van der Waals surface area contributed by atoms with E-state index in [2.05, 4.69) is 24.3 Å². The highest BCUT2D eigenvalue weighted by Gasteiger charge is 2.35. The zero-order valence-corrected chi connectivity index (χ0v) is 15.2. The average molecular weight is 325 g/mol. The van der Waals surface area contributed by atoms with Crippen molar-refractivity contribution >= 4 is 6.09 Å². The molecule has 1 aromatic heterocycles. The summed E-state index contributed by atoms with van der Waals surface area (Å²) in [7, 11) is 0. The van der Waals surface area contributed by atoms with Gasteiger partial charge in [0.25, 0.3) is 0 Å². The van der Waals surface area contributed by atoms with Crippen LogP contribution in [0.1, 0.15) is 47.1 Å². The van der Waals surface area contributed by atoms with E-state index < -0.39 is 17.1 Å². The first-order valence-electron chi connectivity index (χ1n) is 8.21. The molecule has 1 amide bonds. The molecule has 0 radical (unpaired) electrons. The van der Waals surface area contributed by atoms with Crippen molar-refractivity contribution < 1.29 is 14.6 Å². The first-order chi connectivity index (χ1) is 10.6. The minimum absolute atomic E-state index is 0.0161. The number of amides is 1. The maximum Gasteiger partial charge on any atom is 0.407 e. The average Bonchev–Trinajstić information content (AvgIpc) is 2.88. The lowest BCUT2D eigenvalue weighted by Crippen LogP contribution is -2.46. The lowest BCUT2D eigenvalue weighted by Gasteiger charge is -2.36. The predicted octanol–water partition coefficient (Wildman–Crippen LogP) is 2.60. The van der Waals surface area contributed by atoms with Crippen LogP contribution in [0.25, 0.3) is 0 Å². The number of carbonyl (C=O) groups is 1. The number of carbonyl (C=O) groups excluding carboxylic acids is 1. The summed E-state index contributed by atoms with van der Waals surface area (Å²) in [4.78, 5) is 11.9. The van der Waals surface area contributed by atoms with Gasteiger partial charge in [0.1, 0.15) is 5.60 Å². The number of rotatable bonds is 7. The number of aromatic nitrogens is 2. The number of nitrogens with one attached hydrogen (secondary N) is 1. The molecule has 6 heteroatoms. The van der Waals surface area contributed by atoms with Crippen molar-refractivity contribution in [2.24, 2.45) is 11.3 Å². The third-order valence-electron chi connectivity index (χ3n) is 4.09. The van der Waals surface area contributed by atoms with E-state index in [-0.39, 0.29) is 12.5 Å². The SMILES string of the molecule is CCn1cc(CC(CO)(CNC(=O)OC(C)(C)C)C(C)C)cn1. The number of aliphatic hydroxyl groups is 1. The molecule has 132 valence electrons. The maximum absolute atomic E-state index is 11.9. The third-order valence-corrected chi connectivity index (χ3v) is 4.09. The van der Waals surface area contributed by atoms with Crippen molar-refractivity contribution in [1.82, 2.24) is 15.1 Å². The summed E-state index contributed by atoms with van der Waals surface area (Å²) in [6.07, 6.45) is 4.00. The maximum atomic E-state index is 11.9. The van der Waals surface area contributed by atoms with Crippen LogP contribution in [0.15, 0.2) is 12.4 Å². The molecule has 0 aliphatic rings. The lowest BCUT2D eigenvalue weighted by atomic mass is 9.73. The van der Waals surface area contributed by atoms with Gasteiger partial charge in [-0.2, -0.15) is 5.10 Å². The Morgan fingerprint density at radius 2 is 2.09 bits per heavy atom. The fourth-order valence-corrected chi connectivity index (χ4v) is 2.40. The third kappa shape index (κ3) is 5.86. The number of nitrogens with zero attached hydrogens (tertiary/aromatic N) is 2. The normalized spacial score (nSPS) is 14.6. The number of ether oxygens (including phenoxy) is 1. The molecule has 0 fully saturated rings. The Kier molecular flexibility index (Phi) is 6.62. The number of hydrogen-bond acceptors (Lipinski definition) is 4. The molecule has 6 nitrogen and oxygen atoms in total. The van der Waals surface area contributed by atoms with Crippen LogP contribution in [0.3, 0.4) is 0 Å². The van der Waals surface area contributed by atoms with Gasteiger partial charge in [-0.15, -0.1) is 0 Å². The van der Waals surface area contributed by atoms with Crippen LogP contribution < -0.4 is 5.32 Å². The van der Waals surface area contributed by atoms with E-state index in [9.17, 15) is 9.90 Å². The second kappa shape index (κ2) is 7.81. The second-order valence-corrected chi connectivity index (χ2v) is 7.41. The zero-order valence-electron chi connectivity index (χ0n) is 15.2. The number of alkyl carbamates (subject to hydrolysis) is 1. The molecule has 1 atom stereocenters. The smallest absolute Gasteiger partial charge is 0.407 e. The highest BCUT2D eigenvalue weighted by Crippen LogP contribution is 2.31. The van der Waals surface area contributed by atoms with E-state index in [4.69, 9.17) is 4.74 Å². The van der Waals surface area contributed by atoms with Gasteiger partial charge in [-0.1, -0.05) is 13.8 Å². The molecule has 0 aromatic carbocycles. The van der Waals surface area contributed by atoms with E-state index in [1.165, 1.54) is 0 Å². The Hall–Kier alpha value is -1.56. The molecule has 0 saturated carbocycles. The molecule has 1 unspecified atom stereocenters. The Balaban J connectivity index is 2.79. The van der Waals surface area contributed by atoms with Gasteiger partial charge in [0, 0.05) is 24.7 Å². The van der Waals surface area contributed by atoms with E-state index in [1.807, 2.05) is 44.8 Å². The summed E-state index contributed by atoms with van der Waals surface area (Å²) in [6.45, 7) is 12.8. The van der Waals surface area contributed by atoms with Gasteiger partial charge in [0.2, 0.25) is 0 Å². The molecule has 1 rings (SSSR count). The first kappa shape index (κ1) is 19.5. The molecule has 2 N–H and O–H groups in total. The first-order valence-corrected chi connectivity index (χ1v) is 8.21. The highest BCUT2D eigenvalue weighted by atomic mass is 16.6. The van der Waals surface area contributed by atoms with E-state index in [1.54, 1.807) is 0 Å². The topological polar surface area (TPSA) is 76.4 Å². The quantitative estimate of drug-likeness (QED) is 0.808. The van der Waals surface area contributed by atoms with E-state index in [0.717, 1.165) is 12.1 Å². The van der Waals surface area contributed by atoms with E-state index >= 15 is 0 Å². The van der Waals surface area contributed by atoms with Gasteiger partial charge in [0.15, 0.2) is 0 Å². The van der Waals surface area contributed by atoms with Crippen LogP contribution >= 0.6 is 0 Å². The van der Waals surface area contributed by atoms with Crippen molar-refractivity contribution in [3.63, 3.8) is 0 Å². The van der Waals surface area contributed by atoms with Gasteiger partial charge in [-0.05, 0) is 45.6 Å². The van der Waals surface area contributed by atoms with Crippen LogP contribution in [0.5, 0.6) is 0 Å². The Morgan fingerprint density at radius 3 is 2.52 bits per heavy atom. The van der Waals surface area contributed by atoms with Gasteiger partial charge < -0.3 is 15.2 Å². The zero-order chi connectivity index (χ0) is 17.7. The van der Waals surface area contributed by atoms with Gasteiger partial charge >= 0.3 is 6.09 Å². The Labute approximate surface area is 139 Å². The molecule has 23 heavy (non-hydrogen) atoms. The predicted molar refractivity (Wildman–Crippen MR) is 90.2 cm³/mol. The van der Waals surface area contributed by atoms with Gasteiger partial charge in [-0.3, -0.25) is 4.68 Å². The van der Waals surface area contributed by atoms with Crippen LogP contribution in [0, 0.1) is 11.3 Å². The fourth-order valence-electron chi connectivity index (χ4n) is 2.40. The second-order valence-electron chi connectivity index (χ2n) is 7.41. The number of hydrogen-bond donors (Lipinski definition) is 2. The van der Waals surface area contributed by atoms with Crippen molar-refractivity contribution in [2.45, 2.75) is 60.1 Å². The van der Waals surface area contributed by atoms with Crippen molar-refractivity contribution in [1.29, 1.82) is 0 Å². The summed E-state index contributed by atoms with van der Waals surface area (Å²) in [6, 6.07) is 0. The summed E-state index contributed by atoms with van der Waals surface area (Å²) in [5.74, 6) is 0.187. The standard InChI is InChI=1S/C17H31N3O3/c1-7-20-10-14(9-19-20)8-17(12-21,13(2)3)11-18-15(22)23-16(4,5)6/h9-10,13,21H,7-8,11-12H2,1-6H3,(H,18,22). The minimum atomic E-state index is -0.536. The number of aryl methyl sites for hydroxylation is 1. The fraction of sp³-hybridized carbons (Fsp3) is 0.765. The largest absolute Gasteiger partial charge is 0.444 e. The molecule has 1 heterocycles. The molecular weight excluding hydrogens is 294 g/mol. The summed E-state index contributed by atoms with van der Waals surface area (Å²) in [5, 5.41) is 17.1. The van der Waals surface area contributed by atoms with Crippen molar-refractivity contribution in [2.75, 3.05) is 13.2 Å². The molecule has 0 aliphatic carbocycles. The Bertz CT molecular complexity index is 505. The minimum Gasteiger partial charge on any atom is -0.444 e. The molecule has 0 bridgehead atoms. The molecular formula is C17H31N3O3. The molecule has 0 aliphatic heterocycles. The molecule has 0 saturated heterocycles. The van der Waals surface area contributed by atoms with Crippen molar-refractivity contribution in [3.05, 3.63) is 18.0 Å². The Morgan fingerprint density at radius 1 is 1.43 bits per heavy atom. The number of aliphatic hydroxyl groups excluding tert-OH is 1. The van der Waals surface area contributed by atoms with Crippen LogP contribution in [-0.4, -0.2) is 39.7 Å². The summed E-state index contributed by atoms with van der Waals surface area (Å²) in [5.41, 5.74) is 0.0745. The van der Waals surface area contributed by atoms with Gasteiger partial charge in [0.05, 0.1) is 12.8 Å². The summed E-state index contributed by atoms with van der Waals surface area (Å²) < 4.78 is 7.14. The highest BCUT2D eigenvalue weighted by molar-refractivity contribution is 5.67. The van der Waals surface area contributed by atoms with Crippen LogP contribution in [0.2, 0.25) is 0 Å². The van der Waals surface area contributed by atoms with Crippen LogP contribution in [0.4, 0.5) is 4.79 Å². The van der Waals surface area contributed by atoms with E-state index in [0.29, 0.717) is 13.0 Å². The van der Waals surface area contributed by atoms with Crippen LogP contribution in [-0.2, 0) is 17.7 Å². The summed E-state index contributed by atoms with van der Waals surface area (Å²) >= 11 is 0. The molecule has 0 spiro atoms. The van der Waals surface area contributed by atoms with Crippen molar-refractivity contribution in [3.8, 4) is 0 Å². The monoisotopic (exact) mass is 325 g/mol.